The van der Waals surface area contributed by atoms with E-state index in [2.05, 4.69) is 20.5 Å². The summed E-state index contributed by atoms with van der Waals surface area (Å²) in [5.41, 5.74) is 0.976. The first kappa shape index (κ1) is 29.8. The molecule has 1 aromatic heterocycles. The number of nitrogens with zero attached hydrogens (tertiary/aromatic N) is 3. The van der Waals surface area contributed by atoms with Crippen LogP contribution in [0.15, 0.2) is 24.5 Å². The van der Waals surface area contributed by atoms with Crippen LogP contribution in [-0.2, 0) is 21.3 Å². The van der Waals surface area contributed by atoms with Crippen LogP contribution >= 0.6 is 0 Å². The molecule has 210 valence electrons. The minimum Gasteiger partial charge on any atom is -0.379 e. The molecule has 0 bridgehead atoms. The summed E-state index contributed by atoms with van der Waals surface area (Å²) in [5.74, 6) is 0. The zero-order chi connectivity index (χ0) is 26.2. The average Bonchev–Trinajstić information content (AvgIpc) is 3.47. The number of nitrogens with one attached hydrogen (secondary N) is 2. The van der Waals surface area contributed by atoms with E-state index < -0.39 is 10.0 Å². The van der Waals surface area contributed by atoms with Crippen molar-refractivity contribution in [2.45, 2.75) is 82.4 Å². The van der Waals surface area contributed by atoms with E-state index in [0.717, 1.165) is 109 Å². The topological polar surface area (TPSA) is 104 Å². The van der Waals surface area contributed by atoms with Gasteiger partial charge in [0.2, 0.25) is 10.0 Å². The van der Waals surface area contributed by atoms with E-state index in [-0.39, 0.29) is 11.3 Å². The highest BCUT2D eigenvalue weighted by Gasteiger charge is 2.33. The summed E-state index contributed by atoms with van der Waals surface area (Å²) in [5, 5.41) is 5.57. The summed E-state index contributed by atoms with van der Waals surface area (Å²) >= 11 is 0. The lowest BCUT2D eigenvalue weighted by molar-refractivity contribution is 0.0369. The van der Waals surface area contributed by atoms with E-state index in [0.29, 0.717) is 26.2 Å². The van der Waals surface area contributed by atoms with Crippen molar-refractivity contribution in [1.29, 1.82) is 0 Å². The van der Waals surface area contributed by atoms with Crippen molar-refractivity contribution in [2.24, 2.45) is 0 Å². The monoisotopic (exact) mass is 537 g/mol. The molecule has 9 nitrogen and oxygen atoms in total. The second kappa shape index (κ2) is 17.0. The Morgan fingerprint density at radius 1 is 1.00 bits per heavy atom. The number of urea groups is 1. The van der Waals surface area contributed by atoms with Crippen LogP contribution in [0.25, 0.3) is 0 Å². The van der Waals surface area contributed by atoms with Gasteiger partial charge in [0, 0.05) is 51.7 Å². The van der Waals surface area contributed by atoms with E-state index in [1.807, 2.05) is 12.1 Å². The summed E-state index contributed by atoms with van der Waals surface area (Å²) in [6, 6.07) is 3.64. The lowest BCUT2D eigenvalue weighted by Crippen LogP contribution is -2.41. The van der Waals surface area contributed by atoms with Crippen molar-refractivity contribution in [3.8, 4) is 0 Å². The van der Waals surface area contributed by atoms with Crippen molar-refractivity contribution in [3.05, 3.63) is 30.1 Å². The molecule has 37 heavy (non-hydrogen) atoms. The number of carbonyl (C=O) groups is 1. The number of morpholine rings is 1. The van der Waals surface area contributed by atoms with Crippen LogP contribution in [-0.4, -0.2) is 86.4 Å². The molecule has 1 saturated heterocycles. The summed E-state index contributed by atoms with van der Waals surface area (Å²) in [4.78, 5) is 18.3. The quantitative estimate of drug-likeness (QED) is 0.295. The summed E-state index contributed by atoms with van der Waals surface area (Å²) < 4.78 is 33.8. The Bertz CT molecular complexity index is 859. The van der Waals surface area contributed by atoms with E-state index >= 15 is 0 Å². The molecule has 2 heterocycles. The van der Waals surface area contributed by atoms with E-state index in [4.69, 9.17) is 4.74 Å². The molecule has 1 aliphatic carbocycles. The first-order valence-electron chi connectivity index (χ1n) is 14.3. The molecule has 0 atom stereocenters. The molecule has 0 spiro atoms. The third-order valence-electron chi connectivity index (χ3n) is 7.36. The molecule has 2 aliphatic rings. The van der Waals surface area contributed by atoms with E-state index in [9.17, 15) is 13.2 Å². The third-order valence-corrected chi connectivity index (χ3v) is 9.76. The van der Waals surface area contributed by atoms with Gasteiger partial charge >= 0.3 is 6.03 Å². The fourth-order valence-electron chi connectivity index (χ4n) is 5.13. The maximum absolute atomic E-state index is 13.3. The van der Waals surface area contributed by atoms with Crippen LogP contribution < -0.4 is 10.6 Å². The van der Waals surface area contributed by atoms with Crippen molar-refractivity contribution in [1.82, 2.24) is 24.8 Å². The number of sulfonamides is 1. The SMILES string of the molecule is O=C(NCCCCCCCCN(CCCN1CCOCC1)S(=O)(=O)C1CCCC1)NCc1cccnc1. The van der Waals surface area contributed by atoms with Crippen LogP contribution in [0, 0.1) is 0 Å². The number of rotatable bonds is 17. The fraction of sp³-hybridized carbons (Fsp3) is 0.778. The first-order valence-corrected chi connectivity index (χ1v) is 15.8. The van der Waals surface area contributed by atoms with Gasteiger partial charge in [0.05, 0.1) is 18.5 Å². The maximum Gasteiger partial charge on any atom is 0.315 e. The molecule has 2 fully saturated rings. The van der Waals surface area contributed by atoms with Gasteiger partial charge in [0.25, 0.3) is 0 Å². The van der Waals surface area contributed by atoms with Crippen LogP contribution in [0.5, 0.6) is 0 Å². The molecule has 0 aromatic carbocycles. The Hall–Kier alpha value is -1.75. The largest absolute Gasteiger partial charge is 0.379 e. The first-order chi connectivity index (χ1) is 18.1. The second-order valence-electron chi connectivity index (χ2n) is 10.3. The highest BCUT2D eigenvalue weighted by molar-refractivity contribution is 7.89. The number of carbonyl (C=O) groups excluding carboxylic acids is 1. The minimum absolute atomic E-state index is 0.152. The smallest absolute Gasteiger partial charge is 0.315 e. The number of unbranched alkanes of at least 4 members (excludes halogenated alkanes) is 5. The van der Waals surface area contributed by atoms with Gasteiger partial charge in [-0.15, -0.1) is 0 Å². The predicted octanol–water partition coefficient (Wildman–Crippen LogP) is 3.52. The molecule has 10 heteroatoms. The second-order valence-corrected chi connectivity index (χ2v) is 12.5. The van der Waals surface area contributed by atoms with E-state index in [1.54, 1.807) is 16.7 Å². The van der Waals surface area contributed by atoms with Gasteiger partial charge < -0.3 is 15.4 Å². The minimum atomic E-state index is -3.20. The molecule has 1 aromatic rings. The lowest BCUT2D eigenvalue weighted by Gasteiger charge is -2.29. The molecular weight excluding hydrogens is 490 g/mol. The predicted molar refractivity (Wildman–Crippen MR) is 147 cm³/mol. The Labute approximate surface area is 223 Å². The Balaban J connectivity index is 1.25. The zero-order valence-corrected chi connectivity index (χ0v) is 23.2. The highest BCUT2D eigenvalue weighted by Crippen LogP contribution is 2.27. The average molecular weight is 538 g/mol. The molecule has 1 aliphatic heterocycles. The summed E-state index contributed by atoms with van der Waals surface area (Å²) in [7, 11) is -3.20. The Kier molecular flexibility index (Phi) is 13.7. The van der Waals surface area contributed by atoms with Crippen LogP contribution in [0.4, 0.5) is 4.79 Å². The maximum atomic E-state index is 13.3. The third kappa shape index (κ3) is 11.3. The highest BCUT2D eigenvalue weighted by atomic mass is 32.2. The van der Waals surface area contributed by atoms with E-state index in [1.165, 1.54) is 0 Å². The van der Waals surface area contributed by atoms with Crippen molar-refractivity contribution < 1.29 is 17.9 Å². The van der Waals surface area contributed by atoms with Gasteiger partial charge in [0.1, 0.15) is 0 Å². The molecule has 0 unspecified atom stereocenters. The number of hydrogen-bond acceptors (Lipinski definition) is 6. The molecule has 0 radical (unpaired) electrons. The fourth-order valence-corrected chi connectivity index (χ4v) is 7.25. The summed E-state index contributed by atoms with van der Waals surface area (Å²) in [6.07, 6.45) is 14.2. The van der Waals surface area contributed by atoms with Crippen molar-refractivity contribution in [3.63, 3.8) is 0 Å². The van der Waals surface area contributed by atoms with Crippen LogP contribution in [0.1, 0.15) is 76.2 Å². The zero-order valence-electron chi connectivity index (χ0n) is 22.4. The van der Waals surface area contributed by atoms with Gasteiger partial charge in [-0.3, -0.25) is 9.88 Å². The van der Waals surface area contributed by atoms with Crippen molar-refractivity contribution in [2.75, 3.05) is 52.5 Å². The Morgan fingerprint density at radius 2 is 1.70 bits per heavy atom. The number of hydrogen-bond donors (Lipinski definition) is 2. The Morgan fingerprint density at radius 3 is 2.43 bits per heavy atom. The number of pyridine rings is 1. The van der Waals surface area contributed by atoms with Crippen molar-refractivity contribution >= 4 is 16.1 Å². The molecule has 1 saturated carbocycles. The molecule has 3 rings (SSSR count). The number of amides is 2. The number of aromatic nitrogens is 1. The van der Waals surface area contributed by atoms with Crippen LogP contribution in [0.3, 0.4) is 0 Å². The van der Waals surface area contributed by atoms with Gasteiger partial charge in [-0.05, 0) is 50.3 Å². The van der Waals surface area contributed by atoms with Crippen LogP contribution in [0.2, 0.25) is 0 Å². The van der Waals surface area contributed by atoms with Gasteiger partial charge in [-0.25, -0.2) is 17.5 Å². The molecule has 2 N–H and O–H groups in total. The normalized spacial score (nSPS) is 17.3. The summed E-state index contributed by atoms with van der Waals surface area (Å²) in [6.45, 7) is 6.79. The standard InChI is InChI=1S/C27H47N5O4S/c33-27(30-24-25-11-9-14-28-23-25)29-15-7-3-1-2-4-8-17-32(37(34,35)26-12-5-6-13-26)18-10-16-31-19-21-36-22-20-31/h9,11,14,23,26H,1-8,10,12-13,15-22,24H2,(H2,29,30,33). The lowest BCUT2D eigenvalue weighted by atomic mass is 10.1. The van der Waals surface area contributed by atoms with Gasteiger partial charge in [0.15, 0.2) is 0 Å². The van der Waals surface area contributed by atoms with Gasteiger partial charge in [-0.1, -0.05) is 44.6 Å². The number of ether oxygens (including phenoxy) is 1. The molecule has 2 amide bonds. The van der Waals surface area contributed by atoms with Gasteiger partial charge in [-0.2, -0.15) is 0 Å². The molecular formula is C27H47N5O4S.